The van der Waals surface area contributed by atoms with E-state index in [1.165, 1.54) is 0 Å². The number of rotatable bonds is 3. The van der Waals surface area contributed by atoms with E-state index in [0.29, 0.717) is 5.56 Å². The molecule has 0 spiro atoms. The minimum atomic E-state index is -0.593. The Labute approximate surface area is 92.3 Å². The first-order valence-electron chi connectivity index (χ1n) is 4.55. The van der Waals surface area contributed by atoms with Crippen LogP contribution in [-0.4, -0.2) is 24.3 Å². The predicted molar refractivity (Wildman–Crippen MR) is 59.6 cm³/mol. The zero-order valence-electron chi connectivity index (χ0n) is 8.51. The van der Waals surface area contributed by atoms with Gasteiger partial charge in [0.25, 0.3) is 11.8 Å². The van der Waals surface area contributed by atoms with Crippen LogP contribution in [0.15, 0.2) is 35.3 Å². The molecule has 16 heavy (non-hydrogen) atoms. The van der Waals surface area contributed by atoms with Gasteiger partial charge in [0.15, 0.2) is 5.96 Å². The molecule has 6 heteroatoms. The first kappa shape index (κ1) is 11.7. The highest BCUT2D eigenvalue weighted by Crippen LogP contribution is 1.97. The molecular formula is C10H12N4O2. The Morgan fingerprint density at radius 1 is 1.19 bits per heavy atom. The zero-order chi connectivity index (χ0) is 12.0. The normalized spacial score (nSPS) is 9.25. The van der Waals surface area contributed by atoms with Gasteiger partial charge in [-0.15, -0.1) is 0 Å². The molecule has 0 aliphatic heterocycles. The maximum Gasteiger partial charge on any atom is 0.268 e. The first-order valence-corrected chi connectivity index (χ1v) is 4.55. The molecule has 0 bridgehead atoms. The molecule has 1 rings (SSSR count). The van der Waals surface area contributed by atoms with Gasteiger partial charge >= 0.3 is 0 Å². The molecule has 0 aliphatic carbocycles. The molecule has 0 heterocycles. The van der Waals surface area contributed by atoms with Crippen molar-refractivity contribution in [1.82, 2.24) is 5.32 Å². The summed E-state index contributed by atoms with van der Waals surface area (Å²) in [5, 5.41) is 2.40. The van der Waals surface area contributed by atoms with Crippen LogP contribution in [0.25, 0.3) is 0 Å². The molecule has 0 aliphatic rings. The fourth-order valence-electron chi connectivity index (χ4n) is 1.03. The van der Waals surface area contributed by atoms with Crippen LogP contribution in [0.2, 0.25) is 0 Å². The molecule has 0 radical (unpaired) electrons. The minimum Gasteiger partial charge on any atom is -0.370 e. The molecule has 2 amide bonds. The molecule has 0 aromatic heterocycles. The topological polar surface area (TPSA) is 111 Å². The van der Waals surface area contributed by atoms with Gasteiger partial charge < -0.3 is 16.8 Å². The van der Waals surface area contributed by atoms with E-state index in [-0.39, 0.29) is 18.4 Å². The quantitative estimate of drug-likeness (QED) is 0.458. The number of carbonyl (C=O) groups excluding carboxylic acids is 2. The zero-order valence-corrected chi connectivity index (χ0v) is 8.51. The molecule has 0 saturated heterocycles. The Hall–Kier alpha value is -2.37. The van der Waals surface area contributed by atoms with Gasteiger partial charge in [-0.05, 0) is 12.1 Å². The van der Waals surface area contributed by atoms with Gasteiger partial charge in [-0.1, -0.05) is 18.2 Å². The average Bonchev–Trinajstić information content (AvgIpc) is 2.26. The van der Waals surface area contributed by atoms with E-state index in [0.717, 1.165) is 0 Å². The van der Waals surface area contributed by atoms with Crippen molar-refractivity contribution in [3.8, 4) is 0 Å². The van der Waals surface area contributed by atoms with E-state index in [4.69, 9.17) is 11.5 Å². The third-order valence-corrected chi connectivity index (χ3v) is 1.69. The van der Waals surface area contributed by atoms with Crippen LogP contribution >= 0.6 is 0 Å². The van der Waals surface area contributed by atoms with Crippen molar-refractivity contribution >= 4 is 17.8 Å². The van der Waals surface area contributed by atoms with Crippen molar-refractivity contribution in [1.29, 1.82) is 0 Å². The minimum absolute atomic E-state index is 0.231. The number of aliphatic imine (C=N–C) groups is 1. The Balaban J connectivity index is 2.48. The SMILES string of the molecule is NC(N)=NC(=O)CNC(=O)c1ccccc1. The van der Waals surface area contributed by atoms with Gasteiger partial charge in [0.1, 0.15) is 0 Å². The van der Waals surface area contributed by atoms with Crippen LogP contribution in [0.5, 0.6) is 0 Å². The fourth-order valence-corrected chi connectivity index (χ4v) is 1.03. The standard InChI is InChI=1S/C10H12N4O2/c11-10(12)14-8(15)6-13-9(16)7-4-2-1-3-5-7/h1-5H,6H2,(H,13,16)(H4,11,12,14,15). The van der Waals surface area contributed by atoms with Gasteiger partial charge in [0.05, 0.1) is 6.54 Å². The molecule has 0 fully saturated rings. The second-order valence-corrected chi connectivity index (χ2v) is 2.98. The number of benzene rings is 1. The smallest absolute Gasteiger partial charge is 0.268 e. The fraction of sp³-hybridized carbons (Fsp3) is 0.100. The van der Waals surface area contributed by atoms with Gasteiger partial charge in [-0.3, -0.25) is 9.59 Å². The first-order chi connectivity index (χ1) is 7.59. The Morgan fingerprint density at radius 3 is 2.38 bits per heavy atom. The van der Waals surface area contributed by atoms with Crippen molar-refractivity contribution in [3.63, 3.8) is 0 Å². The summed E-state index contributed by atoms with van der Waals surface area (Å²) in [4.78, 5) is 25.7. The largest absolute Gasteiger partial charge is 0.370 e. The van der Waals surface area contributed by atoms with Crippen molar-refractivity contribution in [2.24, 2.45) is 16.5 Å². The summed E-state index contributed by atoms with van der Waals surface area (Å²) in [6.45, 7) is -0.231. The van der Waals surface area contributed by atoms with Crippen LogP contribution in [0.1, 0.15) is 10.4 Å². The molecular weight excluding hydrogens is 208 g/mol. The van der Waals surface area contributed by atoms with Crippen molar-refractivity contribution in [2.75, 3.05) is 6.54 Å². The van der Waals surface area contributed by atoms with E-state index in [2.05, 4.69) is 10.3 Å². The Kier molecular flexibility index (Phi) is 4.02. The van der Waals surface area contributed by atoms with Crippen LogP contribution < -0.4 is 16.8 Å². The summed E-state index contributed by atoms with van der Waals surface area (Å²) in [6, 6.07) is 8.53. The number of hydrogen-bond acceptors (Lipinski definition) is 2. The van der Waals surface area contributed by atoms with E-state index in [1.54, 1.807) is 30.3 Å². The van der Waals surface area contributed by atoms with Crippen molar-refractivity contribution in [2.45, 2.75) is 0 Å². The second-order valence-electron chi connectivity index (χ2n) is 2.98. The Morgan fingerprint density at radius 2 is 1.81 bits per heavy atom. The van der Waals surface area contributed by atoms with Crippen LogP contribution in [0.4, 0.5) is 0 Å². The number of guanidine groups is 1. The average molecular weight is 220 g/mol. The lowest BCUT2D eigenvalue weighted by molar-refractivity contribution is -0.116. The highest BCUT2D eigenvalue weighted by Gasteiger charge is 2.06. The number of amides is 2. The number of carbonyl (C=O) groups is 2. The molecule has 1 aromatic carbocycles. The van der Waals surface area contributed by atoms with Crippen LogP contribution in [0.3, 0.4) is 0 Å². The number of nitrogens with two attached hydrogens (primary N) is 2. The molecule has 84 valence electrons. The van der Waals surface area contributed by atoms with Crippen molar-refractivity contribution < 1.29 is 9.59 Å². The van der Waals surface area contributed by atoms with E-state index in [1.807, 2.05) is 0 Å². The summed E-state index contributed by atoms with van der Waals surface area (Å²) in [5.41, 5.74) is 10.5. The number of hydrogen-bond donors (Lipinski definition) is 3. The molecule has 5 N–H and O–H groups in total. The summed E-state index contributed by atoms with van der Waals surface area (Å²) >= 11 is 0. The lowest BCUT2D eigenvalue weighted by Gasteiger charge is -2.01. The van der Waals surface area contributed by atoms with Crippen LogP contribution in [-0.2, 0) is 4.79 Å². The Bertz CT molecular complexity index is 410. The summed E-state index contributed by atoms with van der Waals surface area (Å²) < 4.78 is 0. The maximum absolute atomic E-state index is 11.5. The van der Waals surface area contributed by atoms with Gasteiger partial charge in [-0.25, -0.2) is 0 Å². The molecule has 0 saturated carbocycles. The third-order valence-electron chi connectivity index (χ3n) is 1.69. The maximum atomic E-state index is 11.5. The van der Waals surface area contributed by atoms with Gasteiger partial charge in [0, 0.05) is 5.56 Å². The number of nitrogens with zero attached hydrogens (tertiary/aromatic N) is 1. The summed E-state index contributed by atoms with van der Waals surface area (Å²) in [6.07, 6.45) is 0. The van der Waals surface area contributed by atoms with E-state index < -0.39 is 5.91 Å². The number of nitrogens with one attached hydrogen (secondary N) is 1. The van der Waals surface area contributed by atoms with Gasteiger partial charge in [0.2, 0.25) is 0 Å². The van der Waals surface area contributed by atoms with E-state index >= 15 is 0 Å². The highest BCUT2D eigenvalue weighted by molar-refractivity contribution is 5.98. The lowest BCUT2D eigenvalue weighted by atomic mass is 10.2. The monoisotopic (exact) mass is 220 g/mol. The van der Waals surface area contributed by atoms with Crippen LogP contribution in [0, 0.1) is 0 Å². The molecule has 1 aromatic rings. The molecule has 6 nitrogen and oxygen atoms in total. The van der Waals surface area contributed by atoms with Crippen molar-refractivity contribution in [3.05, 3.63) is 35.9 Å². The third kappa shape index (κ3) is 3.79. The molecule has 0 unspecified atom stereocenters. The molecule has 0 atom stereocenters. The lowest BCUT2D eigenvalue weighted by Crippen LogP contribution is -2.31. The summed E-state index contributed by atoms with van der Waals surface area (Å²) in [5.74, 6) is -1.26. The predicted octanol–water partition coefficient (Wildman–Crippen LogP) is -0.784. The summed E-state index contributed by atoms with van der Waals surface area (Å²) in [7, 11) is 0. The van der Waals surface area contributed by atoms with E-state index in [9.17, 15) is 9.59 Å². The van der Waals surface area contributed by atoms with Gasteiger partial charge in [-0.2, -0.15) is 4.99 Å². The second kappa shape index (κ2) is 5.50. The highest BCUT2D eigenvalue weighted by atomic mass is 16.2.